The highest BCUT2D eigenvalue weighted by atomic mass is 32.2. The zero-order valence-electron chi connectivity index (χ0n) is 16.9. The first-order valence-corrected chi connectivity index (χ1v) is 13.1. The van der Waals surface area contributed by atoms with Crippen molar-refractivity contribution >= 4 is 27.5 Å². The van der Waals surface area contributed by atoms with Gasteiger partial charge in [-0.25, -0.2) is 8.42 Å². The lowest BCUT2D eigenvalue weighted by molar-refractivity contribution is 0.0933. The smallest absolute Gasteiger partial charge is 0.229 e. The van der Waals surface area contributed by atoms with Crippen molar-refractivity contribution in [1.82, 2.24) is 9.80 Å². The molecule has 1 atom stereocenters. The highest BCUT2D eigenvalue weighted by Crippen LogP contribution is 2.39. The van der Waals surface area contributed by atoms with Crippen molar-refractivity contribution in [3.05, 3.63) is 59.7 Å². The van der Waals surface area contributed by atoms with Gasteiger partial charge in [0.25, 0.3) is 0 Å². The second kappa shape index (κ2) is 9.08. The van der Waals surface area contributed by atoms with E-state index in [-0.39, 0.29) is 0 Å². The number of hydrogen-bond donors (Lipinski definition) is 1. The molecule has 4 rings (SSSR count). The summed E-state index contributed by atoms with van der Waals surface area (Å²) >= 11 is 1.98. The minimum absolute atomic E-state index is 0.550. The number of thioether (sulfide) groups is 1. The van der Waals surface area contributed by atoms with Gasteiger partial charge in [0.15, 0.2) is 0 Å². The summed E-state index contributed by atoms with van der Waals surface area (Å²) < 4.78 is 25.8. The number of rotatable bonds is 6. The van der Waals surface area contributed by atoms with Gasteiger partial charge >= 0.3 is 0 Å². The van der Waals surface area contributed by atoms with E-state index in [1.54, 1.807) is 0 Å². The van der Waals surface area contributed by atoms with E-state index in [1.165, 1.54) is 28.9 Å². The Morgan fingerprint density at radius 2 is 1.76 bits per heavy atom. The number of benzene rings is 2. The zero-order valence-corrected chi connectivity index (χ0v) is 18.5. The molecule has 0 radical (unpaired) electrons. The first-order valence-electron chi connectivity index (χ1n) is 10.2. The number of sulfonamides is 1. The van der Waals surface area contributed by atoms with Gasteiger partial charge < -0.3 is 4.90 Å². The second-order valence-electron chi connectivity index (χ2n) is 7.85. The molecule has 1 fully saturated rings. The number of nitrogens with one attached hydrogen (secondary N) is 1. The number of piperazine rings is 1. The molecule has 0 saturated carbocycles. The Hall–Kier alpha value is -1.54. The maximum atomic E-state index is 11.6. The highest BCUT2D eigenvalue weighted by Gasteiger charge is 2.28. The molecule has 0 spiro atoms. The van der Waals surface area contributed by atoms with E-state index in [0.29, 0.717) is 11.7 Å². The summed E-state index contributed by atoms with van der Waals surface area (Å²) in [6.07, 6.45) is 3.28. The van der Waals surface area contributed by atoms with Gasteiger partial charge in [-0.3, -0.25) is 9.62 Å². The van der Waals surface area contributed by atoms with Crippen LogP contribution in [0.2, 0.25) is 0 Å². The molecule has 1 unspecified atom stereocenters. The zero-order chi connectivity index (χ0) is 20.3. The van der Waals surface area contributed by atoms with Crippen molar-refractivity contribution < 1.29 is 8.42 Å². The average molecular weight is 432 g/mol. The van der Waals surface area contributed by atoms with Crippen LogP contribution in [0, 0.1) is 0 Å². The van der Waals surface area contributed by atoms with Crippen LogP contribution in [0.5, 0.6) is 0 Å². The van der Waals surface area contributed by atoms with Crippen LogP contribution in [0.25, 0.3) is 0 Å². The third kappa shape index (κ3) is 5.34. The normalized spacial score (nSPS) is 20.9. The van der Waals surface area contributed by atoms with Gasteiger partial charge in [-0.2, -0.15) is 0 Å². The van der Waals surface area contributed by atoms with E-state index in [1.807, 2.05) is 36.0 Å². The molecule has 0 amide bonds. The summed E-state index contributed by atoms with van der Waals surface area (Å²) in [6.45, 7) is 5.26. The molecular formula is C22H29N3O2S2. The lowest BCUT2D eigenvalue weighted by atomic mass is 10.0. The Morgan fingerprint density at radius 3 is 2.55 bits per heavy atom. The van der Waals surface area contributed by atoms with Crippen molar-refractivity contribution in [3.8, 4) is 0 Å². The lowest BCUT2D eigenvalue weighted by Gasteiger charge is -2.41. The van der Waals surface area contributed by atoms with E-state index in [9.17, 15) is 8.42 Å². The molecular weight excluding hydrogens is 402 g/mol. The summed E-state index contributed by atoms with van der Waals surface area (Å²) in [4.78, 5) is 6.59. The number of fused-ring (bicyclic) bond motifs is 1. The molecule has 2 aliphatic heterocycles. The first-order chi connectivity index (χ1) is 14.0. The molecule has 2 aromatic carbocycles. The highest BCUT2D eigenvalue weighted by molar-refractivity contribution is 7.99. The first kappa shape index (κ1) is 20.7. The van der Waals surface area contributed by atoms with Gasteiger partial charge in [-0.05, 0) is 41.9 Å². The second-order valence-corrected chi connectivity index (χ2v) is 10.7. The quantitative estimate of drug-likeness (QED) is 0.759. The SMILES string of the molecule is CS(=O)(=O)Nc1ccccc1CCN1CCN(C2CCSc3ccccc32)CC1. The van der Waals surface area contributed by atoms with Crippen LogP contribution in [0.4, 0.5) is 5.69 Å². The topological polar surface area (TPSA) is 52.7 Å². The van der Waals surface area contributed by atoms with Crippen molar-refractivity contribution in [2.24, 2.45) is 0 Å². The molecule has 2 aromatic rings. The van der Waals surface area contributed by atoms with Crippen LogP contribution < -0.4 is 4.72 Å². The minimum atomic E-state index is -3.26. The van der Waals surface area contributed by atoms with Crippen molar-refractivity contribution in [3.63, 3.8) is 0 Å². The monoisotopic (exact) mass is 431 g/mol. The predicted octanol–water partition coefficient (Wildman–Crippen LogP) is 3.46. The van der Waals surface area contributed by atoms with Gasteiger partial charge in [-0.15, -0.1) is 11.8 Å². The maximum Gasteiger partial charge on any atom is 0.229 e. The molecule has 0 aromatic heterocycles. The molecule has 0 bridgehead atoms. The Labute approximate surface area is 178 Å². The van der Waals surface area contributed by atoms with Gasteiger partial charge in [0, 0.05) is 43.7 Å². The van der Waals surface area contributed by atoms with Crippen LogP contribution in [0.1, 0.15) is 23.6 Å². The summed E-state index contributed by atoms with van der Waals surface area (Å²) in [5.41, 5.74) is 3.25. The minimum Gasteiger partial charge on any atom is -0.300 e. The van der Waals surface area contributed by atoms with E-state index in [0.717, 1.165) is 44.7 Å². The molecule has 1 N–H and O–H groups in total. The molecule has 156 valence electrons. The van der Waals surface area contributed by atoms with Crippen LogP contribution in [0.15, 0.2) is 53.4 Å². The third-order valence-electron chi connectivity index (χ3n) is 5.78. The third-order valence-corrected chi connectivity index (χ3v) is 7.50. The number of anilines is 1. The molecule has 1 saturated heterocycles. The van der Waals surface area contributed by atoms with Gasteiger partial charge in [0.1, 0.15) is 0 Å². The fourth-order valence-corrected chi connectivity index (χ4v) is 6.02. The van der Waals surface area contributed by atoms with E-state index in [4.69, 9.17) is 0 Å². The molecule has 2 heterocycles. The van der Waals surface area contributed by atoms with E-state index < -0.39 is 10.0 Å². The Morgan fingerprint density at radius 1 is 1.03 bits per heavy atom. The van der Waals surface area contributed by atoms with E-state index in [2.05, 4.69) is 38.8 Å². The Bertz CT molecular complexity index is 941. The summed E-state index contributed by atoms with van der Waals surface area (Å²) in [5.74, 6) is 1.20. The van der Waals surface area contributed by atoms with Crippen LogP contribution in [-0.4, -0.2) is 63.0 Å². The average Bonchev–Trinajstić information content (AvgIpc) is 2.72. The van der Waals surface area contributed by atoms with E-state index >= 15 is 0 Å². The fourth-order valence-electron chi connectivity index (χ4n) is 4.32. The summed E-state index contributed by atoms with van der Waals surface area (Å²) in [6, 6.07) is 17.1. The molecule has 5 nitrogen and oxygen atoms in total. The van der Waals surface area contributed by atoms with Crippen LogP contribution >= 0.6 is 11.8 Å². The van der Waals surface area contributed by atoms with Crippen molar-refractivity contribution in [1.29, 1.82) is 0 Å². The number of hydrogen-bond acceptors (Lipinski definition) is 5. The molecule has 2 aliphatic rings. The molecule has 29 heavy (non-hydrogen) atoms. The maximum absolute atomic E-state index is 11.6. The molecule has 0 aliphatic carbocycles. The lowest BCUT2D eigenvalue weighted by Crippen LogP contribution is -2.48. The Kier molecular flexibility index (Phi) is 6.49. The van der Waals surface area contributed by atoms with Crippen molar-refractivity contribution in [2.75, 3.05) is 49.5 Å². The fraction of sp³-hybridized carbons (Fsp3) is 0.455. The summed E-state index contributed by atoms with van der Waals surface area (Å²) in [5, 5.41) is 0. The standard InChI is InChI=1S/C22H29N3O2S2/c1-29(26,27)23-20-8-4-2-6-18(20)10-12-24-13-15-25(16-14-24)21-11-17-28-22-9-5-3-7-19(21)22/h2-9,21,23H,10-17H2,1H3. The van der Waals surface area contributed by atoms with Crippen LogP contribution in [0.3, 0.4) is 0 Å². The number of nitrogens with zero attached hydrogens (tertiary/aromatic N) is 2. The molecule has 7 heteroatoms. The van der Waals surface area contributed by atoms with Crippen LogP contribution in [-0.2, 0) is 16.4 Å². The summed E-state index contributed by atoms with van der Waals surface area (Å²) in [7, 11) is -3.26. The van der Waals surface area contributed by atoms with Gasteiger partial charge in [0.05, 0.1) is 11.9 Å². The largest absolute Gasteiger partial charge is 0.300 e. The van der Waals surface area contributed by atoms with Gasteiger partial charge in [0.2, 0.25) is 10.0 Å². The number of para-hydroxylation sites is 1. The van der Waals surface area contributed by atoms with Gasteiger partial charge in [-0.1, -0.05) is 36.4 Å². The van der Waals surface area contributed by atoms with Crippen molar-refractivity contribution in [2.45, 2.75) is 23.8 Å². The Balaban J connectivity index is 1.33. The predicted molar refractivity (Wildman–Crippen MR) is 121 cm³/mol.